The number of hydrogen-bond acceptors (Lipinski definition) is 4. The molecule has 2 heterocycles. The van der Waals surface area contributed by atoms with Crippen LogP contribution in [0.15, 0.2) is 65.7 Å². The molecule has 1 aromatic carbocycles. The monoisotopic (exact) mass is 394 g/mol. The Morgan fingerprint density at radius 1 is 1.23 bits per heavy atom. The molecular formula is C18H23ClN4O2S. The predicted molar refractivity (Wildman–Crippen MR) is 109 cm³/mol. The number of fused-ring (bicyclic) bond motifs is 1. The van der Waals surface area contributed by atoms with Gasteiger partial charge in [0.1, 0.15) is 10.7 Å². The molecule has 140 valence electrons. The fraction of sp³-hybridized carbons (Fsp3) is 0.278. The van der Waals surface area contributed by atoms with Gasteiger partial charge in [-0.25, -0.2) is 8.42 Å². The summed E-state index contributed by atoms with van der Waals surface area (Å²) < 4.78 is 29.6. The number of sulfonamides is 1. The van der Waals surface area contributed by atoms with Gasteiger partial charge in [0, 0.05) is 36.7 Å². The molecule has 0 unspecified atom stereocenters. The van der Waals surface area contributed by atoms with Crippen LogP contribution < -0.4 is 5.32 Å². The summed E-state index contributed by atoms with van der Waals surface area (Å²) in [5.74, 6) is 0.874. The summed E-state index contributed by atoms with van der Waals surface area (Å²) in [6.07, 6.45) is 4.86. The number of amidine groups is 1. The molecule has 1 aliphatic rings. The van der Waals surface area contributed by atoms with Crippen molar-refractivity contribution in [1.29, 1.82) is 0 Å². The molecule has 1 aliphatic heterocycles. The Bertz CT molecular complexity index is 924. The number of rotatable bonds is 8. The number of para-hydroxylation sites is 1. The van der Waals surface area contributed by atoms with Crippen LogP contribution in [0.2, 0.25) is 0 Å². The average molecular weight is 395 g/mol. The van der Waals surface area contributed by atoms with Gasteiger partial charge in [0.15, 0.2) is 0 Å². The van der Waals surface area contributed by atoms with Crippen LogP contribution in [0.3, 0.4) is 0 Å². The Morgan fingerprint density at radius 3 is 2.54 bits per heavy atom. The fourth-order valence-electron chi connectivity index (χ4n) is 2.96. The van der Waals surface area contributed by atoms with Gasteiger partial charge in [-0.3, -0.25) is 4.99 Å². The van der Waals surface area contributed by atoms with Crippen molar-refractivity contribution in [3.63, 3.8) is 0 Å². The lowest BCUT2D eigenvalue weighted by Crippen LogP contribution is -2.31. The Hall–Kier alpha value is -2.09. The Labute approximate surface area is 160 Å². The van der Waals surface area contributed by atoms with Crippen molar-refractivity contribution in [2.45, 2.75) is 11.4 Å². The molecule has 6 nitrogen and oxygen atoms in total. The van der Waals surface area contributed by atoms with Gasteiger partial charge in [0.05, 0.1) is 13.1 Å². The van der Waals surface area contributed by atoms with Gasteiger partial charge in [-0.05, 0) is 6.07 Å². The second-order valence-electron chi connectivity index (χ2n) is 5.79. The number of benzene rings is 1. The number of hydrogen-bond donors (Lipinski definition) is 1. The number of nitrogens with zero attached hydrogens (tertiary/aromatic N) is 3. The van der Waals surface area contributed by atoms with E-state index in [2.05, 4.69) is 23.5 Å². The average Bonchev–Trinajstić information content (AvgIpc) is 3.24. The van der Waals surface area contributed by atoms with E-state index in [-0.39, 0.29) is 25.5 Å². The molecule has 0 fully saturated rings. The largest absolute Gasteiger partial charge is 0.370 e. The first-order chi connectivity index (χ1) is 12.1. The molecule has 0 saturated carbocycles. The molecule has 0 bridgehead atoms. The number of halogens is 1. The molecule has 0 spiro atoms. The van der Waals surface area contributed by atoms with Gasteiger partial charge >= 0.3 is 0 Å². The standard InChI is InChI=1S/C18H22N4O2S.ClH/c1-3-11-22(12-4-2)25(23,24)17-13-21(14-18-19-9-10-20-18)16-8-6-5-7-15(16)17;/h3-8,13H,1-2,9-12,14H2,(H,19,20);1H. The van der Waals surface area contributed by atoms with Crippen LogP contribution in [0.4, 0.5) is 0 Å². The lowest BCUT2D eigenvalue weighted by Gasteiger charge is -2.18. The minimum atomic E-state index is -3.66. The highest BCUT2D eigenvalue weighted by Crippen LogP contribution is 2.28. The molecule has 0 amide bonds. The summed E-state index contributed by atoms with van der Waals surface area (Å²) in [6.45, 7) is 9.90. The summed E-state index contributed by atoms with van der Waals surface area (Å²) in [5.41, 5.74) is 0.870. The van der Waals surface area contributed by atoms with Crippen LogP contribution in [-0.4, -0.2) is 49.3 Å². The van der Waals surface area contributed by atoms with E-state index in [4.69, 9.17) is 0 Å². The van der Waals surface area contributed by atoms with Gasteiger partial charge in [-0.2, -0.15) is 4.31 Å². The Kier molecular flexibility index (Phi) is 6.63. The summed E-state index contributed by atoms with van der Waals surface area (Å²) in [6, 6.07) is 7.52. The van der Waals surface area contributed by atoms with Crippen LogP contribution in [-0.2, 0) is 16.6 Å². The lowest BCUT2D eigenvalue weighted by molar-refractivity contribution is 0.474. The molecule has 0 atom stereocenters. The topological polar surface area (TPSA) is 66.7 Å². The highest BCUT2D eigenvalue weighted by atomic mass is 35.5. The SMILES string of the molecule is C=CCN(CC=C)S(=O)(=O)c1cn(CC2=NCCN2)c2ccccc12.Cl. The number of aliphatic imine (C=N–C) groups is 1. The van der Waals surface area contributed by atoms with Crippen LogP contribution in [0, 0.1) is 0 Å². The minimum Gasteiger partial charge on any atom is -0.370 e. The summed E-state index contributed by atoms with van der Waals surface area (Å²) in [5, 5.41) is 3.93. The second kappa shape index (κ2) is 8.53. The highest BCUT2D eigenvalue weighted by Gasteiger charge is 2.27. The van der Waals surface area contributed by atoms with E-state index in [0.29, 0.717) is 16.8 Å². The van der Waals surface area contributed by atoms with Crippen LogP contribution in [0.25, 0.3) is 10.9 Å². The normalized spacial score (nSPS) is 14.0. The molecule has 0 aliphatic carbocycles. The van der Waals surface area contributed by atoms with E-state index in [1.165, 1.54) is 4.31 Å². The van der Waals surface area contributed by atoms with E-state index < -0.39 is 10.0 Å². The summed E-state index contributed by atoms with van der Waals surface area (Å²) >= 11 is 0. The van der Waals surface area contributed by atoms with Gasteiger partial charge < -0.3 is 9.88 Å². The molecule has 3 rings (SSSR count). The predicted octanol–water partition coefficient (Wildman–Crippen LogP) is 2.43. The molecule has 0 saturated heterocycles. The van der Waals surface area contributed by atoms with Crippen molar-refractivity contribution in [2.24, 2.45) is 4.99 Å². The third-order valence-corrected chi connectivity index (χ3v) is 5.96. The van der Waals surface area contributed by atoms with E-state index in [1.807, 2.05) is 28.8 Å². The molecule has 8 heteroatoms. The van der Waals surface area contributed by atoms with Crippen LogP contribution >= 0.6 is 12.4 Å². The first-order valence-electron chi connectivity index (χ1n) is 8.15. The zero-order valence-electron chi connectivity index (χ0n) is 14.5. The van der Waals surface area contributed by atoms with Gasteiger partial charge in [0.25, 0.3) is 0 Å². The smallest absolute Gasteiger partial charge is 0.245 e. The molecule has 1 aromatic heterocycles. The van der Waals surface area contributed by atoms with Gasteiger partial charge in [0.2, 0.25) is 10.0 Å². The van der Waals surface area contributed by atoms with Crippen molar-refractivity contribution >= 4 is 39.2 Å². The van der Waals surface area contributed by atoms with Crippen LogP contribution in [0.5, 0.6) is 0 Å². The second-order valence-corrected chi connectivity index (χ2v) is 7.70. The molecule has 26 heavy (non-hydrogen) atoms. The van der Waals surface area contributed by atoms with Crippen molar-refractivity contribution in [3.05, 3.63) is 55.8 Å². The van der Waals surface area contributed by atoms with E-state index in [0.717, 1.165) is 24.4 Å². The van der Waals surface area contributed by atoms with Crippen molar-refractivity contribution < 1.29 is 8.42 Å². The first kappa shape index (κ1) is 20.2. The van der Waals surface area contributed by atoms with Gasteiger partial charge in [-0.15, -0.1) is 25.6 Å². The lowest BCUT2D eigenvalue weighted by atomic mass is 10.2. The fourth-order valence-corrected chi connectivity index (χ4v) is 4.55. The summed E-state index contributed by atoms with van der Waals surface area (Å²) in [4.78, 5) is 4.70. The third kappa shape index (κ3) is 3.85. The van der Waals surface area contributed by atoms with E-state index >= 15 is 0 Å². The quantitative estimate of drug-likeness (QED) is 0.699. The van der Waals surface area contributed by atoms with Crippen molar-refractivity contribution in [3.8, 4) is 0 Å². The molecule has 1 N–H and O–H groups in total. The van der Waals surface area contributed by atoms with Crippen LogP contribution in [0.1, 0.15) is 0 Å². The highest BCUT2D eigenvalue weighted by molar-refractivity contribution is 7.89. The Balaban J connectivity index is 0.00000243. The maximum atomic E-state index is 13.1. The minimum absolute atomic E-state index is 0. The summed E-state index contributed by atoms with van der Waals surface area (Å²) in [7, 11) is -3.66. The maximum absolute atomic E-state index is 13.1. The molecule has 0 radical (unpaired) electrons. The van der Waals surface area contributed by atoms with Gasteiger partial charge in [-0.1, -0.05) is 30.4 Å². The van der Waals surface area contributed by atoms with Crippen molar-refractivity contribution in [1.82, 2.24) is 14.2 Å². The van der Waals surface area contributed by atoms with E-state index in [1.54, 1.807) is 18.3 Å². The van der Waals surface area contributed by atoms with E-state index in [9.17, 15) is 8.42 Å². The first-order valence-corrected chi connectivity index (χ1v) is 9.59. The number of nitrogens with one attached hydrogen (secondary N) is 1. The molecule has 2 aromatic rings. The van der Waals surface area contributed by atoms with Crippen molar-refractivity contribution in [2.75, 3.05) is 26.2 Å². The Morgan fingerprint density at radius 2 is 1.92 bits per heavy atom. The molecular weight excluding hydrogens is 372 g/mol. The zero-order valence-corrected chi connectivity index (χ0v) is 16.1. The zero-order chi connectivity index (χ0) is 17.9. The third-order valence-electron chi connectivity index (χ3n) is 4.10. The maximum Gasteiger partial charge on any atom is 0.245 e. The number of aromatic nitrogens is 1.